The average molecular weight is 399 g/mol. The molecule has 2 aromatic carbocycles. The van der Waals surface area contributed by atoms with Crippen molar-refractivity contribution in [2.75, 3.05) is 13.7 Å². The molecule has 1 atom stereocenters. The predicted octanol–water partition coefficient (Wildman–Crippen LogP) is 3.17. The van der Waals surface area contributed by atoms with Gasteiger partial charge < -0.3 is 4.74 Å². The summed E-state index contributed by atoms with van der Waals surface area (Å²) >= 11 is 0. The molecular formula is C18H16F3NO4S. The molecule has 1 unspecified atom stereocenters. The fourth-order valence-corrected chi connectivity index (χ4v) is 4.56. The number of halogens is 3. The molecule has 1 aliphatic heterocycles. The van der Waals surface area contributed by atoms with E-state index in [1.807, 2.05) is 0 Å². The van der Waals surface area contributed by atoms with Crippen molar-refractivity contribution in [3.05, 3.63) is 65.2 Å². The van der Waals surface area contributed by atoms with E-state index in [0.29, 0.717) is 17.2 Å². The molecule has 0 radical (unpaired) electrons. The highest BCUT2D eigenvalue weighted by Gasteiger charge is 2.38. The van der Waals surface area contributed by atoms with Crippen molar-refractivity contribution in [3.8, 4) is 0 Å². The highest BCUT2D eigenvalue weighted by Crippen LogP contribution is 2.34. The topological polar surface area (TPSA) is 63.7 Å². The fraction of sp³-hybridized carbons (Fsp3) is 0.278. The number of benzene rings is 2. The molecule has 0 bridgehead atoms. The number of sulfonamides is 1. The van der Waals surface area contributed by atoms with Gasteiger partial charge >= 0.3 is 12.1 Å². The van der Waals surface area contributed by atoms with E-state index in [0.717, 1.165) is 22.5 Å². The van der Waals surface area contributed by atoms with Crippen molar-refractivity contribution >= 4 is 16.0 Å². The fourth-order valence-electron chi connectivity index (χ4n) is 3.08. The molecular weight excluding hydrogens is 383 g/mol. The largest absolute Gasteiger partial charge is 0.469 e. The van der Waals surface area contributed by atoms with E-state index < -0.39 is 38.5 Å². The van der Waals surface area contributed by atoms with Crippen LogP contribution in [0.15, 0.2) is 53.4 Å². The minimum absolute atomic E-state index is 0.0394. The first-order chi connectivity index (χ1) is 12.6. The lowest BCUT2D eigenvalue weighted by Gasteiger charge is -2.32. The van der Waals surface area contributed by atoms with Crippen LogP contribution in [0.3, 0.4) is 0 Å². The monoisotopic (exact) mass is 399 g/mol. The average Bonchev–Trinajstić information content (AvgIpc) is 2.65. The minimum Gasteiger partial charge on any atom is -0.469 e. The third-order valence-electron chi connectivity index (χ3n) is 4.45. The van der Waals surface area contributed by atoms with Gasteiger partial charge in [-0.05, 0) is 29.3 Å². The SMILES string of the molecule is COC(=O)C1CN(S(=O)(=O)c2cccc(C(F)(F)F)c2)Cc2ccccc21. The summed E-state index contributed by atoms with van der Waals surface area (Å²) in [6.07, 6.45) is -4.66. The van der Waals surface area contributed by atoms with Crippen molar-refractivity contribution in [1.29, 1.82) is 0 Å². The number of nitrogens with zero attached hydrogens (tertiary/aromatic N) is 1. The maximum absolute atomic E-state index is 12.9. The zero-order chi connectivity index (χ0) is 19.8. The third kappa shape index (κ3) is 3.70. The van der Waals surface area contributed by atoms with Crippen LogP contribution in [-0.4, -0.2) is 32.3 Å². The van der Waals surface area contributed by atoms with E-state index in [1.54, 1.807) is 24.3 Å². The van der Waals surface area contributed by atoms with Crippen LogP contribution in [0.5, 0.6) is 0 Å². The van der Waals surface area contributed by atoms with Gasteiger partial charge in [-0.2, -0.15) is 17.5 Å². The van der Waals surface area contributed by atoms with E-state index in [9.17, 15) is 26.4 Å². The van der Waals surface area contributed by atoms with E-state index in [-0.39, 0.29) is 13.1 Å². The number of esters is 1. The zero-order valence-corrected chi connectivity index (χ0v) is 15.0. The third-order valence-corrected chi connectivity index (χ3v) is 6.26. The van der Waals surface area contributed by atoms with E-state index in [1.165, 1.54) is 7.11 Å². The number of rotatable bonds is 3. The molecule has 1 heterocycles. The molecule has 0 spiro atoms. The Bertz CT molecular complexity index is 973. The van der Waals surface area contributed by atoms with Gasteiger partial charge in [0, 0.05) is 13.1 Å². The summed E-state index contributed by atoms with van der Waals surface area (Å²) in [5.41, 5.74) is 0.208. The molecule has 0 saturated carbocycles. The maximum atomic E-state index is 12.9. The number of methoxy groups -OCH3 is 1. The lowest BCUT2D eigenvalue weighted by atomic mass is 9.91. The maximum Gasteiger partial charge on any atom is 0.416 e. The van der Waals surface area contributed by atoms with Gasteiger partial charge in [0.25, 0.3) is 0 Å². The molecule has 9 heteroatoms. The molecule has 3 rings (SSSR count). The number of ether oxygens (including phenoxy) is 1. The summed E-state index contributed by atoms with van der Waals surface area (Å²) in [4.78, 5) is 11.7. The van der Waals surface area contributed by atoms with Crippen LogP contribution in [-0.2, 0) is 32.3 Å². The molecule has 144 valence electrons. The molecule has 5 nitrogen and oxygen atoms in total. The second-order valence-corrected chi connectivity index (χ2v) is 8.04. The van der Waals surface area contributed by atoms with Gasteiger partial charge in [0.05, 0.1) is 23.5 Å². The number of fused-ring (bicyclic) bond motifs is 1. The first kappa shape index (κ1) is 19.4. The zero-order valence-electron chi connectivity index (χ0n) is 14.2. The van der Waals surface area contributed by atoms with Gasteiger partial charge in [0.2, 0.25) is 10.0 Å². The number of alkyl halides is 3. The van der Waals surface area contributed by atoms with Crippen LogP contribution in [0.1, 0.15) is 22.6 Å². The number of hydrogen-bond acceptors (Lipinski definition) is 4. The Balaban J connectivity index is 2.02. The Kier molecular flexibility index (Phi) is 5.00. The first-order valence-electron chi connectivity index (χ1n) is 7.97. The van der Waals surface area contributed by atoms with Crippen LogP contribution < -0.4 is 0 Å². The lowest BCUT2D eigenvalue weighted by molar-refractivity contribution is -0.143. The minimum atomic E-state index is -4.66. The Hall–Kier alpha value is -2.39. The normalized spacial score (nSPS) is 18.0. The molecule has 0 fully saturated rings. The Labute approximate surface area is 154 Å². The second kappa shape index (κ2) is 6.97. The first-order valence-corrected chi connectivity index (χ1v) is 9.41. The highest BCUT2D eigenvalue weighted by molar-refractivity contribution is 7.89. The molecule has 27 heavy (non-hydrogen) atoms. The second-order valence-electron chi connectivity index (χ2n) is 6.10. The molecule has 0 amide bonds. The Morgan fingerprint density at radius 3 is 2.52 bits per heavy atom. The molecule has 1 aliphatic rings. The quantitative estimate of drug-likeness (QED) is 0.744. The van der Waals surface area contributed by atoms with Crippen LogP contribution in [0, 0.1) is 0 Å². The van der Waals surface area contributed by atoms with Crippen LogP contribution in [0.4, 0.5) is 13.2 Å². The summed E-state index contributed by atoms with van der Waals surface area (Å²) in [6, 6.07) is 10.4. The molecule has 0 aliphatic carbocycles. The van der Waals surface area contributed by atoms with Crippen LogP contribution >= 0.6 is 0 Å². The molecule has 0 aromatic heterocycles. The summed E-state index contributed by atoms with van der Waals surface area (Å²) in [7, 11) is -3.04. The smallest absolute Gasteiger partial charge is 0.416 e. The summed E-state index contributed by atoms with van der Waals surface area (Å²) < 4.78 is 70.5. The van der Waals surface area contributed by atoms with Crippen LogP contribution in [0.25, 0.3) is 0 Å². The number of hydrogen-bond donors (Lipinski definition) is 0. The Morgan fingerprint density at radius 1 is 1.15 bits per heavy atom. The number of carbonyl (C=O) groups excluding carboxylic acids is 1. The van der Waals surface area contributed by atoms with Gasteiger partial charge in [-0.3, -0.25) is 4.79 Å². The standard InChI is InChI=1S/C18H16F3NO4S/c1-26-17(23)16-11-22(10-12-5-2-3-8-15(12)16)27(24,25)14-7-4-6-13(9-14)18(19,20)21/h2-9,16H,10-11H2,1H3. The highest BCUT2D eigenvalue weighted by atomic mass is 32.2. The van der Waals surface area contributed by atoms with E-state index in [2.05, 4.69) is 0 Å². The molecule has 2 aromatic rings. The summed E-state index contributed by atoms with van der Waals surface area (Å²) in [6.45, 7) is -0.246. The van der Waals surface area contributed by atoms with Gasteiger partial charge in [0.15, 0.2) is 0 Å². The van der Waals surface area contributed by atoms with Gasteiger partial charge in [0.1, 0.15) is 0 Å². The summed E-state index contributed by atoms with van der Waals surface area (Å²) in [5.74, 6) is -1.45. The van der Waals surface area contributed by atoms with Gasteiger partial charge in [-0.15, -0.1) is 0 Å². The number of carbonyl (C=O) groups is 1. The summed E-state index contributed by atoms with van der Waals surface area (Å²) in [5, 5.41) is 0. The van der Waals surface area contributed by atoms with Crippen LogP contribution in [0.2, 0.25) is 0 Å². The van der Waals surface area contributed by atoms with Gasteiger partial charge in [-0.1, -0.05) is 30.3 Å². The van der Waals surface area contributed by atoms with Crippen molar-refractivity contribution in [1.82, 2.24) is 4.31 Å². The van der Waals surface area contributed by atoms with Crippen molar-refractivity contribution < 1.29 is 31.1 Å². The van der Waals surface area contributed by atoms with Gasteiger partial charge in [-0.25, -0.2) is 8.42 Å². The van der Waals surface area contributed by atoms with Crippen molar-refractivity contribution in [3.63, 3.8) is 0 Å². The van der Waals surface area contributed by atoms with E-state index >= 15 is 0 Å². The van der Waals surface area contributed by atoms with Crippen molar-refractivity contribution in [2.45, 2.75) is 23.5 Å². The predicted molar refractivity (Wildman–Crippen MR) is 90.2 cm³/mol. The molecule has 0 N–H and O–H groups in total. The lowest BCUT2D eigenvalue weighted by Crippen LogP contribution is -2.40. The van der Waals surface area contributed by atoms with Crippen molar-refractivity contribution in [2.24, 2.45) is 0 Å². The van der Waals surface area contributed by atoms with E-state index in [4.69, 9.17) is 4.74 Å². The Morgan fingerprint density at radius 2 is 1.85 bits per heavy atom. The molecule has 0 saturated heterocycles.